The van der Waals surface area contributed by atoms with Crippen molar-refractivity contribution in [1.82, 2.24) is 19.9 Å². The third-order valence-corrected chi connectivity index (χ3v) is 5.93. The molecule has 0 N–H and O–H groups in total. The highest BCUT2D eigenvalue weighted by molar-refractivity contribution is 6.20. The molecule has 0 aliphatic heterocycles. The average molecular weight is 408 g/mol. The Hall–Kier alpha value is -3.27. The smallest absolute Gasteiger partial charge is 0.160 e. The largest absolute Gasteiger partial charge is 0.662 e. The zero-order chi connectivity index (χ0) is 22.0. The number of benzene rings is 2. The lowest BCUT2D eigenvalue weighted by atomic mass is 9.79. The Bertz CT molecular complexity index is 1340. The van der Waals surface area contributed by atoms with E-state index in [0.717, 1.165) is 44.2 Å². The van der Waals surface area contributed by atoms with Crippen molar-refractivity contribution in [3.05, 3.63) is 66.0 Å². The minimum absolute atomic E-state index is 0.0370. The number of nitrogens with zero attached hydrogens (tertiary/aromatic N) is 4. The average Bonchev–Trinajstić information content (AvgIpc) is 3.18. The molecule has 5 aromatic rings. The molecule has 2 aromatic carbocycles. The topological polar surface area (TPSA) is 52.8 Å². The van der Waals surface area contributed by atoms with Crippen molar-refractivity contribution in [3.63, 3.8) is 0 Å². The van der Waals surface area contributed by atoms with Crippen LogP contribution >= 0.6 is 0 Å². The third kappa shape index (κ3) is 3.27. The van der Waals surface area contributed by atoms with Crippen LogP contribution < -0.4 is 4.98 Å². The van der Waals surface area contributed by atoms with E-state index in [2.05, 4.69) is 81.8 Å². The van der Waals surface area contributed by atoms with Crippen LogP contribution in [0.4, 0.5) is 0 Å². The van der Waals surface area contributed by atoms with Crippen molar-refractivity contribution in [1.29, 1.82) is 0 Å². The Kier molecular flexibility index (Phi) is 4.20. The van der Waals surface area contributed by atoms with Crippen LogP contribution in [0.15, 0.2) is 54.9 Å². The Labute approximate surface area is 182 Å². The van der Waals surface area contributed by atoms with Crippen LogP contribution in [0.3, 0.4) is 0 Å². The predicted octanol–water partition coefficient (Wildman–Crippen LogP) is 6.55. The number of rotatable bonds is 1. The first-order valence-corrected chi connectivity index (χ1v) is 10.8. The molecule has 0 amide bonds. The Balaban J connectivity index is 1.85. The fourth-order valence-electron chi connectivity index (χ4n) is 4.04. The van der Waals surface area contributed by atoms with E-state index >= 15 is 0 Å². The van der Waals surface area contributed by atoms with Gasteiger partial charge in [-0.1, -0.05) is 59.7 Å². The van der Waals surface area contributed by atoms with Gasteiger partial charge in [0.05, 0.1) is 11.0 Å². The fourth-order valence-corrected chi connectivity index (χ4v) is 4.04. The maximum Gasteiger partial charge on any atom is 0.160 e. The van der Waals surface area contributed by atoms with Crippen LogP contribution in [0.2, 0.25) is 0 Å². The maximum absolute atomic E-state index is 5.03. The standard InChI is InChI=1S/C27H27N4/c1-26(2,3)17-13-16(14-18(15-17)27(4,5)6)25-30-23-19-9-7-11-28-21(19)22-20(24(23)31-25)10-8-12-29-22/h7-15H,1-6H3/q-1. The molecule has 31 heavy (non-hydrogen) atoms. The van der Waals surface area contributed by atoms with Crippen LogP contribution in [-0.4, -0.2) is 15.0 Å². The van der Waals surface area contributed by atoms with Gasteiger partial charge in [0.25, 0.3) is 0 Å². The van der Waals surface area contributed by atoms with Crippen molar-refractivity contribution >= 4 is 32.8 Å². The van der Waals surface area contributed by atoms with Crippen molar-refractivity contribution in [2.75, 3.05) is 0 Å². The van der Waals surface area contributed by atoms with E-state index in [-0.39, 0.29) is 10.8 Å². The Morgan fingerprint density at radius 2 is 1.32 bits per heavy atom. The summed E-state index contributed by atoms with van der Waals surface area (Å²) in [5.74, 6) is 0.758. The van der Waals surface area contributed by atoms with E-state index in [0.29, 0.717) is 0 Å². The van der Waals surface area contributed by atoms with Gasteiger partial charge in [-0.15, -0.1) is 5.52 Å². The minimum atomic E-state index is 0.0370. The third-order valence-electron chi connectivity index (χ3n) is 5.93. The number of hydrogen-bond acceptors (Lipinski definition) is 3. The normalized spacial score (nSPS) is 12.8. The molecule has 3 heterocycles. The van der Waals surface area contributed by atoms with Crippen LogP contribution in [0.5, 0.6) is 0 Å². The minimum Gasteiger partial charge on any atom is -0.662 e. The fraction of sp³-hybridized carbons (Fsp3) is 0.296. The van der Waals surface area contributed by atoms with Crippen molar-refractivity contribution in [2.45, 2.75) is 52.4 Å². The first kappa shape index (κ1) is 19.7. The van der Waals surface area contributed by atoms with Gasteiger partial charge in [0.1, 0.15) is 5.52 Å². The summed E-state index contributed by atoms with van der Waals surface area (Å²) >= 11 is 0. The van der Waals surface area contributed by atoms with Gasteiger partial charge in [-0.2, -0.15) is 6.20 Å². The molecule has 3 aromatic heterocycles. The van der Waals surface area contributed by atoms with E-state index in [1.54, 1.807) is 0 Å². The molecule has 5 rings (SSSR count). The molecule has 4 nitrogen and oxygen atoms in total. The maximum atomic E-state index is 5.03. The lowest BCUT2D eigenvalue weighted by Crippen LogP contribution is -2.16. The van der Waals surface area contributed by atoms with Crippen LogP contribution in [-0.2, 0) is 10.8 Å². The van der Waals surface area contributed by atoms with Gasteiger partial charge >= 0.3 is 0 Å². The second kappa shape index (κ2) is 6.61. The summed E-state index contributed by atoms with van der Waals surface area (Å²) in [6.45, 7) is 13.5. The van der Waals surface area contributed by atoms with Gasteiger partial charge in [-0.3, -0.25) is 4.98 Å². The molecule has 0 aliphatic carbocycles. The molecule has 0 saturated carbocycles. The summed E-state index contributed by atoms with van der Waals surface area (Å²) in [4.78, 5) is 19.3. The summed E-state index contributed by atoms with van der Waals surface area (Å²) in [5.41, 5.74) is 7.23. The second-order valence-corrected chi connectivity index (χ2v) is 10.3. The molecule has 0 spiro atoms. The van der Waals surface area contributed by atoms with Crippen LogP contribution in [0.25, 0.3) is 44.2 Å². The van der Waals surface area contributed by atoms with E-state index < -0.39 is 0 Å². The summed E-state index contributed by atoms with van der Waals surface area (Å²) < 4.78 is 0. The molecule has 0 aliphatic rings. The lowest BCUT2D eigenvalue weighted by Gasteiger charge is -2.25. The van der Waals surface area contributed by atoms with Gasteiger partial charge < -0.3 is 4.98 Å². The Morgan fingerprint density at radius 1 is 0.710 bits per heavy atom. The predicted molar refractivity (Wildman–Crippen MR) is 129 cm³/mol. The molecular formula is C27H27N4-. The molecule has 0 fully saturated rings. The molecule has 0 unspecified atom stereocenters. The zero-order valence-corrected chi connectivity index (χ0v) is 19.0. The van der Waals surface area contributed by atoms with Gasteiger partial charge in [0.2, 0.25) is 0 Å². The molecule has 0 atom stereocenters. The highest BCUT2D eigenvalue weighted by Crippen LogP contribution is 2.36. The number of aromatic nitrogens is 4. The summed E-state index contributed by atoms with van der Waals surface area (Å²) in [5, 5.41) is 1.98. The number of fused-ring (bicyclic) bond motifs is 6. The number of hydrogen-bond donors (Lipinski definition) is 0. The van der Waals surface area contributed by atoms with E-state index in [9.17, 15) is 0 Å². The highest BCUT2D eigenvalue weighted by Gasteiger charge is 2.22. The van der Waals surface area contributed by atoms with Gasteiger partial charge in [0.15, 0.2) is 5.82 Å². The second-order valence-electron chi connectivity index (χ2n) is 10.3. The molecule has 4 heteroatoms. The van der Waals surface area contributed by atoms with E-state index in [1.165, 1.54) is 11.1 Å². The zero-order valence-electron chi connectivity index (χ0n) is 19.0. The first-order chi connectivity index (χ1) is 14.6. The van der Waals surface area contributed by atoms with Gasteiger partial charge in [-0.25, -0.2) is 9.97 Å². The van der Waals surface area contributed by atoms with Crippen LogP contribution in [0, 0.1) is 0 Å². The molecular weight excluding hydrogens is 380 g/mol. The summed E-state index contributed by atoms with van der Waals surface area (Å²) in [6, 6.07) is 14.8. The van der Waals surface area contributed by atoms with E-state index in [4.69, 9.17) is 9.97 Å². The van der Waals surface area contributed by atoms with Gasteiger partial charge in [0, 0.05) is 17.1 Å². The molecule has 0 saturated heterocycles. The SMILES string of the molecule is CC(C)(C)c1cc(-c2nc3c4cccnc4c4[n-]cccc4c3n2)cc(C(C)(C)C)c1. The first-order valence-electron chi connectivity index (χ1n) is 10.8. The lowest BCUT2D eigenvalue weighted by molar-refractivity contribution is 0.569. The number of pyridine rings is 2. The van der Waals surface area contributed by atoms with Crippen molar-refractivity contribution in [2.24, 2.45) is 0 Å². The summed E-state index contributed by atoms with van der Waals surface area (Å²) in [7, 11) is 0. The van der Waals surface area contributed by atoms with Crippen molar-refractivity contribution < 1.29 is 0 Å². The van der Waals surface area contributed by atoms with Crippen molar-refractivity contribution in [3.8, 4) is 11.4 Å². The number of imidazole rings is 1. The highest BCUT2D eigenvalue weighted by atomic mass is 14.9. The quantitative estimate of drug-likeness (QED) is 0.296. The monoisotopic (exact) mass is 407 g/mol. The van der Waals surface area contributed by atoms with Gasteiger partial charge in [-0.05, 0) is 51.6 Å². The summed E-state index contributed by atoms with van der Waals surface area (Å²) in [6.07, 6.45) is 3.62. The molecule has 0 bridgehead atoms. The Morgan fingerprint density at radius 3 is 1.97 bits per heavy atom. The van der Waals surface area contributed by atoms with E-state index in [1.807, 2.05) is 24.5 Å². The molecule has 0 radical (unpaired) electrons. The van der Waals surface area contributed by atoms with Crippen LogP contribution in [0.1, 0.15) is 52.7 Å². The molecule has 156 valence electrons.